The molecule has 5 nitrogen and oxygen atoms in total. The predicted molar refractivity (Wildman–Crippen MR) is 79.4 cm³/mol. The number of carbonyl (C=O) groups is 2. The highest BCUT2D eigenvalue weighted by molar-refractivity contribution is 5.95. The molecular weight excluding hydrogens is 268 g/mol. The first kappa shape index (κ1) is 13.9. The van der Waals surface area contributed by atoms with E-state index in [1.54, 1.807) is 23.1 Å². The van der Waals surface area contributed by atoms with Gasteiger partial charge in [-0.05, 0) is 37.0 Å². The number of carbonyl (C=O) groups excluding carboxylic acids is 2. The molecule has 1 saturated heterocycles. The molecular formula is C16H20N2O3. The van der Waals surface area contributed by atoms with Crippen LogP contribution in [-0.2, 0) is 4.74 Å². The Morgan fingerprint density at radius 3 is 3.00 bits per heavy atom. The average Bonchev–Trinajstić information content (AvgIpc) is 3.32. The molecule has 5 heteroatoms. The Morgan fingerprint density at radius 1 is 1.38 bits per heavy atom. The van der Waals surface area contributed by atoms with E-state index in [9.17, 15) is 9.59 Å². The van der Waals surface area contributed by atoms with Crippen LogP contribution in [0.3, 0.4) is 0 Å². The van der Waals surface area contributed by atoms with Gasteiger partial charge in [0.1, 0.15) is 0 Å². The minimum Gasteiger partial charge on any atom is -0.462 e. The highest BCUT2D eigenvalue weighted by Gasteiger charge is 2.22. The first-order valence-corrected chi connectivity index (χ1v) is 7.56. The van der Waals surface area contributed by atoms with Gasteiger partial charge in [0, 0.05) is 18.8 Å². The molecule has 2 amide bonds. The van der Waals surface area contributed by atoms with Crippen LogP contribution in [0, 0.1) is 5.92 Å². The van der Waals surface area contributed by atoms with E-state index in [1.807, 2.05) is 6.07 Å². The molecule has 2 aliphatic rings. The van der Waals surface area contributed by atoms with Crippen LogP contribution in [-0.4, -0.2) is 31.7 Å². The van der Waals surface area contributed by atoms with Gasteiger partial charge in [-0.1, -0.05) is 18.9 Å². The van der Waals surface area contributed by atoms with Crippen molar-refractivity contribution in [1.29, 1.82) is 0 Å². The summed E-state index contributed by atoms with van der Waals surface area (Å²) in [6, 6.07) is 6.97. The second-order valence-corrected chi connectivity index (χ2v) is 5.66. The number of anilines is 1. The lowest BCUT2D eigenvalue weighted by atomic mass is 10.1. The molecule has 3 rings (SSSR count). The van der Waals surface area contributed by atoms with Crippen LogP contribution < -0.4 is 10.2 Å². The molecule has 1 heterocycles. The summed E-state index contributed by atoms with van der Waals surface area (Å²) in [6.07, 6.45) is 4.38. The fourth-order valence-corrected chi connectivity index (χ4v) is 2.48. The molecule has 1 aromatic carbocycles. The number of urea groups is 1. The number of esters is 1. The quantitative estimate of drug-likeness (QED) is 0.847. The van der Waals surface area contributed by atoms with Gasteiger partial charge in [0.15, 0.2) is 0 Å². The summed E-state index contributed by atoms with van der Waals surface area (Å²) >= 11 is 0. The van der Waals surface area contributed by atoms with Crippen LogP contribution in [0.2, 0.25) is 0 Å². The third-order valence-electron chi connectivity index (χ3n) is 3.93. The molecule has 0 spiro atoms. The zero-order chi connectivity index (χ0) is 14.7. The summed E-state index contributed by atoms with van der Waals surface area (Å²) in [5.74, 6) is 0.441. The van der Waals surface area contributed by atoms with Crippen molar-refractivity contribution in [2.75, 3.05) is 24.6 Å². The first-order valence-electron chi connectivity index (χ1n) is 7.56. The zero-order valence-corrected chi connectivity index (χ0v) is 12.0. The van der Waals surface area contributed by atoms with Crippen molar-refractivity contribution < 1.29 is 14.3 Å². The van der Waals surface area contributed by atoms with Crippen LogP contribution >= 0.6 is 0 Å². The minimum atomic E-state index is -0.310. The van der Waals surface area contributed by atoms with Gasteiger partial charge in [0.2, 0.25) is 0 Å². The molecule has 112 valence electrons. The molecule has 0 aromatic heterocycles. The van der Waals surface area contributed by atoms with E-state index in [2.05, 4.69) is 5.32 Å². The van der Waals surface area contributed by atoms with E-state index in [4.69, 9.17) is 4.74 Å². The molecule has 0 bridgehead atoms. The first-order chi connectivity index (χ1) is 10.2. The molecule has 0 radical (unpaired) electrons. The van der Waals surface area contributed by atoms with Crippen molar-refractivity contribution >= 4 is 17.7 Å². The number of amides is 2. The Kier molecular flexibility index (Phi) is 4.08. The topological polar surface area (TPSA) is 58.6 Å². The van der Waals surface area contributed by atoms with Crippen molar-refractivity contribution in [3.8, 4) is 0 Å². The van der Waals surface area contributed by atoms with Gasteiger partial charge >= 0.3 is 12.0 Å². The normalized spacial score (nSPS) is 18.3. The fraction of sp³-hybridized carbons (Fsp3) is 0.500. The zero-order valence-electron chi connectivity index (χ0n) is 12.0. The van der Waals surface area contributed by atoms with E-state index >= 15 is 0 Å². The van der Waals surface area contributed by atoms with Gasteiger partial charge in [0.05, 0.1) is 12.2 Å². The van der Waals surface area contributed by atoms with Gasteiger partial charge in [-0.3, -0.25) is 4.90 Å². The van der Waals surface area contributed by atoms with Crippen LogP contribution in [0.5, 0.6) is 0 Å². The predicted octanol–water partition coefficient (Wildman–Crippen LogP) is 2.56. The van der Waals surface area contributed by atoms with Gasteiger partial charge in [-0.2, -0.15) is 0 Å². The van der Waals surface area contributed by atoms with Gasteiger partial charge in [-0.25, -0.2) is 9.59 Å². The van der Waals surface area contributed by atoms with E-state index in [-0.39, 0.29) is 12.0 Å². The van der Waals surface area contributed by atoms with Crippen molar-refractivity contribution in [1.82, 2.24) is 5.32 Å². The maximum Gasteiger partial charge on any atom is 0.338 e. The van der Waals surface area contributed by atoms with Gasteiger partial charge in [0.25, 0.3) is 0 Å². The van der Waals surface area contributed by atoms with Gasteiger partial charge < -0.3 is 10.1 Å². The van der Waals surface area contributed by atoms with E-state index in [0.29, 0.717) is 25.3 Å². The van der Waals surface area contributed by atoms with Crippen molar-refractivity contribution in [3.63, 3.8) is 0 Å². The van der Waals surface area contributed by atoms with E-state index in [0.717, 1.165) is 24.4 Å². The average molecular weight is 288 g/mol. The summed E-state index contributed by atoms with van der Waals surface area (Å²) < 4.78 is 5.29. The monoisotopic (exact) mass is 288 g/mol. The number of benzene rings is 1. The van der Waals surface area contributed by atoms with Crippen LogP contribution in [0.4, 0.5) is 10.5 Å². The SMILES string of the molecule is O=C(OCCC1CC1)c1cccc(N2CCCNC2=O)c1. The molecule has 21 heavy (non-hydrogen) atoms. The largest absolute Gasteiger partial charge is 0.462 e. The molecule has 2 fully saturated rings. The number of nitrogens with one attached hydrogen (secondary N) is 1. The summed E-state index contributed by atoms with van der Waals surface area (Å²) in [4.78, 5) is 25.5. The van der Waals surface area contributed by atoms with Crippen molar-refractivity contribution in [2.24, 2.45) is 5.92 Å². The van der Waals surface area contributed by atoms with Crippen LogP contribution in [0.15, 0.2) is 24.3 Å². The summed E-state index contributed by atoms with van der Waals surface area (Å²) in [5.41, 5.74) is 1.24. The van der Waals surface area contributed by atoms with E-state index in [1.165, 1.54) is 12.8 Å². The van der Waals surface area contributed by atoms with Crippen molar-refractivity contribution in [3.05, 3.63) is 29.8 Å². The third-order valence-corrected chi connectivity index (χ3v) is 3.93. The number of hydrogen-bond acceptors (Lipinski definition) is 3. The lowest BCUT2D eigenvalue weighted by molar-refractivity contribution is 0.0495. The molecule has 0 unspecified atom stereocenters. The molecule has 1 aliphatic carbocycles. The molecule has 1 aliphatic heterocycles. The molecule has 1 saturated carbocycles. The number of nitrogens with zero attached hydrogens (tertiary/aromatic N) is 1. The van der Waals surface area contributed by atoms with Crippen molar-refractivity contribution in [2.45, 2.75) is 25.7 Å². The van der Waals surface area contributed by atoms with Gasteiger partial charge in [-0.15, -0.1) is 0 Å². The Morgan fingerprint density at radius 2 is 2.24 bits per heavy atom. The maximum absolute atomic E-state index is 12.0. The molecule has 1 aromatic rings. The van der Waals surface area contributed by atoms with Crippen LogP contribution in [0.1, 0.15) is 36.0 Å². The number of ether oxygens (including phenoxy) is 1. The Labute approximate surface area is 124 Å². The second kappa shape index (κ2) is 6.16. The summed E-state index contributed by atoms with van der Waals surface area (Å²) in [5, 5.41) is 2.80. The lowest BCUT2D eigenvalue weighted by Gasteiger charge is -2.27. The lowest BCUT2D eigenvalue weighted by Crippen LogP contribution is -2.46. The number of hydrogen-bond donors (Lipinski definition) is 1. The number of rotatable bonds is 5. The Bertz CT molecular complexity index is 540. The third kappa shape index (κ3) is 3.54. The molecule has 0 atom stereocenters. The second-order valence-electron chi connectivity index (χ2n) is 5.66. The maximum atomic E-state index is 12.0. The highest BCUT2D eigenvalue weighted by Crippen LogP contribution is 2.32. The minimum absolute atomic E-state index is 0.111. The Balaban J connectivity index is 1.63. The van der Waals surface area contributed by atoms with E-state index < -0.39 is 0 Å². The smallest absolute Gasteiger partial charge is 0.338 e. The molecule has 1 N–H and O–H groups in total. The van der Waals surface area contributed by atoms with Crippen LogP contribution in [0.25, 0.3) is 0 Å². The Hall–Kier alpha value is -2.04. The standard InChI is InChI=1S/C16H20N2O3/c19-15(21-10-7-12-5-6-12)13-3-1-4-14(11-13)18-9-2-8-17-16(18)20/h1,3-4,11-12H,2,5-10H2,(H,17,20). The fourth-order valence-electron chi connectivity index (χ4n) is 2.48. The summed E-state index contributed by atoms with van der Waals surface area (Å²) in [7, 11) is 0. The summed E-state index contributed by atoms with van der Waals surface area (Å²) in [6.45, 7) is 1.86. The highest BCUT2D eigenvalue weighted by atomic mass is 16.5.